The number of aliphatic carboxylic acids is 1. The number of rotatable bonds is 17. The zero-order chi connectivity index (χ0) is 43.8. The van der Waals surface area contributed by atoms with E-state index in [1.165, 1.54) is 44.9 Å². The highest BCUT2D eigenvalue weighted by molar-refractivity contribution is 5.72. The summed E-state index contributed by atoms with van der Waals surface area (Å²) >= 11 is 0. The Morgan fingerprint density at radius 2 is 1.39 bits per heavy atom. The topological polar surface area (TPSA) is 95.9 Å². The van der Waals surface area contributed by atoms with Crippen molar-refractivity contribution in [2.45, 2.75) is 121 Å². The molecule has 10 heteroatoms. The summed E-state index contributed by atoms with van der Waals surface area (Å²) in [5, 5.41) is 11.1. The Morgan fingerprint density at radius 1 is 0.742 bits per heavy atom. The normalized spacial score (nSPS) is 19.9. The van der Waals surface area contributed by atoms with E-state index in [0.717, 1.165) is 72.0 Å². The van der Waals surface area contributed by atoms with Crippen LogP contribution in [0.15, 0.2) is 60.7 Å². The summed E-state index contributed by atoms with van der Waals surface area (Å²) in [6.07, 6.45) is 15.5. The summed E-state index contributed by atoms with van der Waals surface area (Å²) in [5.74, 6) is 4.14. The predicted molar refractivity (Wildman–Crippen MR) is 244 cm³/mol. The average Bonchev–Trinajstić information content (AvgIpc) is 3.27. The highest BCUT2D eigenvalue weighted by Gasteiger charge is 2.48. The van der Waals surface area contributed by atoms with Gasteiger partial charge in [-0.15, -0.1) is 0 Å². The third-order valence-corrected chi connectivity index (χ3v) is 14.0. The van der Waals surface area contributed by atoms with E-state index in [1.54, 1.807) is 28.4 Å². The molecule has 0 aliphatic carbocycles. The van der Waals surface area contributed by atoms with Crippen molar-refractivity contribution >= 4 is 5.97 Å². The maximum absolute atomic E-state index is 13.5. The molecule has 4 heterocycles. The van der Waals surface area contributed by atoms with Gasteiger partial charge in [-0.25, -0.2) is 4.79 Å². The van der Waals surface area contributed by atoms with Crippen LogP contribution in [-0.4, -0.2) is 82.1 Å². The van der Waals surface area contributed by atoms with Crippen molar-refractivity contribution in [1.29, 1.82) is 0 Å². The van der Waals surface area contributed by atoms with E-state index in [9.17, 15) is 9.90 Å². The molecule has 0 fully saturated rings. The predicted octanol–water partition coefficient (Wildman–Crippen LogP) is 11.4. The quantitative estimate of drug-likeness (QED) is 0.0823. The summed E-state index contributed by atoms with van der Waals surface area (Å²) in [4.78, 5) is 15.9. The molecule has 0 amide bonds. The molecule has 0 aromatic heterocycles. The molecule has 0 radical (unpaired) electrons. The lowest BCUT2D eigenvalue weighted by molar-refractivity contribution is -0.956. The molecule has 4 atom stereocenters. The Morgan fingerprint density at radius 3 is 2.05 bits per heavy atom. The number of likely N-dealkylation sites (N-methyl/N-ethyl adjacent to an activating group) is 2. The number of carboxylic acid groups (broad SMARTS) is 1. The molecular weight excluding hydrogens is 781 g/mol. The van der Waals surface area contributed by atoms with Gasteiger partial charge in [0.15, 0.2) is 40.5 Å². The molecule has 10 nitrogen and oxygen atoms in total. The number of carboxylic acids is 1. The Hall–Kier alpha value is -4.93. The Balaban J connectivity index is 1.32. The maximum Gasteiger partial charge on any atom is 0.362 e. The summed E-state index contributed by atoms with van der Waals surface area (Å²) in [5.41, 5.74) is 6.57. The van der Waals surface area contributed by atoms with Crippen molar-refractivity contribution in [2.75, 3.05) is 55.6 Å². The minimum atomic E-state index is -0.737. The van der Waals surface area contributed by atoms with Crippen LogP contribution in [0.3, 0.4) is 0 Å². The molecule has 334 valence electrons. The second-order valence-electron chi connectivity index (χ2n) is 17.9. The van der Waals surface area contributed by atoms with Gasteiger partial charge in [-0.2, -0.15) is 0 Å². The largest absolute Gasteiger partial charge is 0.493 e. The van der Waals surface area contributed by atoms with Crippen LogP contribution in [-0.2, 0) is 30.5 Å². The maximum atomic E-state index is 13.5. The Bertz CT molecular complexity index is 2150. The van der Waals surface area contributed by atoms with Crippen LogP contribution in [0, 0.1) is 0 Å². The smallest absolute Gasteiger partial charge is 0.362 e. The number of carbonyl (C=O) groups is 1. The van der Waals surface area contributed by atoms with Crippen LogP contribution in [0.25, 0.3) is 0 Å². The first kappa shape index (κ1) is 45.1. The summed E-state index contributed by atoms with van der Waals surface area (Å²) in [6, 6.07) is 19.9. The third kappa shape index (κ3) is 9.66. The van der Waals surface area contributed by atoms with Crippen molar-refractivity contribution < 1.29 is 42.8 Å². The second kappa shape index (κ2) is 20.5. The first-order chi connectivity index (χ1) is 30.1. The van der Waals surface area contributed by atoms with Crippen LogP contribution in [0.4, 0.5) is 0 Å². The molecule has 8 rings (SSSR count). The number of methoxy groups -OCH3 is 4. The van der Waals surface area contributed by atoms with E-state index < -0.39 is 12.0 Å². The first-order valence-electron chi connectivity index (χ1n) is 23.0. The van der Waals surface area contributed by atoms with Gasteiger partial charge >= 0.3 is 5.97 Å². The minimum absolute atomic E-state index is 0.0774. The lowest BCUT2D eigenvalue weighted by Gasteiger charge is -2.49. The SMILES string of the molecule is CCCCCCCCCCCCC(C(=O)O)[N+]1(C)CCc2cc(OC)c3cc2C1Cc1ccc(cc1)Oc1cc(ccc1OC)CC1c2c(cc(OC)c(OC)c2O3)CCN1C. The summed E-state index contributed by atoms with van der Waals surface area (Å²) in [7, 11) is 11.0. The number of fused-ring (bicyclic) bond motifs is 2. The fourth-order valence-corrected chi connectivity index (χ4v) is 10.3. The van der Waals surface area contributed by atoms with Gasteiger partial charge in [0.25, 0.3) is 0 Å². The van der Waals surface area contributed by atoms with Gasteiger partial charge in [-0.05, 0) is 91.0 Å². The van der Waals surface area contributed by atoms with Gasteiger partial charge in [0, 0.05) is 43.0 Å². The van der Waals surface area contributed by atoms with E-state index in [4.69, 9.17) is 28.4 Å². The molecule has 62 heavy (non-hydrogen) atoms. The van der Waals surface area contributed by atoms with Crippen LogP contribution >= 0.6 is 0 Å². The zero-order valence-electron chi connectivity index (χ0n) is 38.2. The molecular formula is C52H69N2O8+. The van der Waals surface area contributed by atoms with Crippen molar-refractivity contribution in [3.05, 3.63) is 94.0 Å². The molecule has 1 N–H and O–H groups in total. The van der Waals surface area contributed by atoms with E-state index >= 15 is 0 Å². The number of quaternary nitrogens is 1. The molecule has 4 aliphatic heterocycles. The fourth-order valence-electron chi connectivity index (χ4n) is 10.3. The molecule has 6 bridgehead atoms. The summed E-state index contributed by atoms with van der Waals surface area (Å²) in [6.45, 7) is 3.80. The number of ether oxygens (including phenoxy) is 6. The molecule has 4 unspecified atom stereocenters. The Labute approximate surface area is 369 Å². The molecule has 4 aromatic carbocycles. The van der Waals surface area contributed by atoms with Crippen LogP contribution < -0.4 is 28.4 Å². The minimum Gasteiger partial charge on any atom is -0.493 e. The van der Waals surface area contributed by atoms with E-state index in [0.29, 0.717) is 76.3 Å². The van der Waals surface area contributed by atoms with Crippen LogP contribution in [0.2, 0.25) is 0 Å². The van der Waals surface area contributed by atoms with E-state index in [2.05, 4.69) is 68.4 Å². The standard InChI is InChI=1S/C52H68N2O8/c1-8-9-10-11-12-13-14-15-16-17-18-42(52(55)56)54(3)28-26-37-32-45(58-5)47-34-40(37)43(54)30-35-19-22-39(23-20-35)61-46-31-36(21-24-44(46)57-4)29-41-49-38(25-27-53(41)2)33-48(59-6)50(60-7)51(49)62-47/h19-24,31-34,41-43H,8-18,25-30H2,1-7H3/p+1. The number of hydrogen-bond acceptors (Lipinski definition) is 8. The number of unbranched alkanes of at least 4 members (excludes halogenated alkanes) is 9. The number of hydrogen-bond donors (Lipinski definition) is 1. The second-order valence-corrected chi connectivity index (χ2v) is 17.9. The third-order valence-electron chi connectivity index (χ3n) is 14.0. The van der Waals surface area contributed by atoms with Crippen molar-refractivity contribution in [2.24, 2.45) is 0 Å². The van der Waals surface area contributed by atoms with Gasteiger partial charge < -0.3 is 38.0 Å². The summed E-state index contributed by atoms with van der Waals surface area (Å²) < 4.78 is 38.2. The highest BCUT2D eigenvalue weighted by atomic mass is 16.5. The number of nitrogens with zero attached hydrogens (tertiary/aromatic N) is 2. The van der Waals surface area contributed by atoms with Gasteiger partial charge in [0.2, 0.25) is 5.75 Å². The van der Waals surface area contributed by atoms with Crippen molar-refractivity contribution in [1.82, 2.24) is 4.90 Å². The number of benzene rings is 4. The molecule has 0 saturated carbocycles. The molecule has 4 aliphatic rings. The van der Waals surface area contributed by atoms with Gasteiger partial charge in [-0.3, -0.25) is 4.90 Å². The molecule has 0 spiro atoms. The lowest BCUT2D eigenvalue weighted by atomic mass is 9.84. The lowest BCUT2D eigenvalue weighted by Crippen LogP contribution is -2.60. The highest BCUT2D eigenvalue weighted by Crippen LogP contribution is 2.52. The monoisotopic (exact) mass is 850 g/mol. The van der Waals surface area contributed by atoms with Crippen LogP contribution in [0.1, 0.15) is 123 Å². The van der Waals surface area contributed by atoms with Crippen molar-refractivity contribution in [3.63, 3.8) is 0 Å². The van der Waals surface area contributed by atoms with Crippen LogP contribution in [0.5, 0.6) is 46.0 Å². The van der Waals surface area contributed by atoms with Gasteiger partial charge in [-0.1, -0.05) is 82.9 Å². The van der Waals surface area contributed by atoms with E-state index in [-0.39, 0.29) is 12.1 Å². The fraction of sp³-hybridized carbons (Fsp3) is 0.519. The van der Waals surface area contributed by atoms with E-state index in [1.807, 2.05) is 18.2 Å². The Kier molecular flexibility index (Phi) is 14.9. The first-order valence-corrected chi connectivity index (χ1v) is 23.0. The zero-order valence-corrected chi connectivity index (χ0v) is 38.2. The molecule has 4 aromatic rings. The van der Waals surface area contributed by atoms with Gasteiger partial charge in [0.05, 0.1) is 42.0 Å². The van der Waals surface area contributed by atoms with Crippen molar-refractivity contribution in [3.8, 4) is 46.0 Å². The average molecular weight is 850 g/mol. The molecule has 0 saturated heterocycles. The van der Waals surface area contributed by atoms with Gasteiger partial charge in [0.1, 0.15) is 11.8 Å².